The number of amides is 2. The molecule has 2 fully saturated rings. The molecular formula is C13H23N3O2. The fourth-order valence-corrected chi connectivity index (χ4v) is 2.82. The van der Waals surface area contributed by atoms with Crippen molar-refractivity contribution in [2.75, 3.05) is 13.1 Å². The van der Waals surface area contributed by atoms with Crippen LogP contribution in [0.25, 0.3) is 0 Å². The van der Waals surface area contributed by atoms with Crippen LogP contribution in [0.3, 0.4) is 0 Å². The number of rotatable bonds is 3. The predicted molar refractivity (Wildman–Crippen MR) is 68.8 cm³/mol. The van der Waals surface area contributed by atoms with Gasteiger partial charge in [0.25, 0.3) is 0 Å². The number of likely N-dealkylation sites (tertiary alicyclic amines) is 1. The average molecular weight is 253 g/mol. The van der Waals surface area contributed by atoms with E-state index >= 15 is 0 Å². The van der Waals surface area contributed by atoms with Crippen LogP contribution in [0.2, 0.25) is 0 Å². The summed E-state index contributed by atoms with van der Waals surface area (Å²) in [5.41, 5.74) is 5.61. The van der Waals surface area contributed by atoms with Crippen molar-refractivity contribution in [3.8, 4) is 0 Å². The summed E-state index contributed by atoms with van der Waals surface area (Å²) >= 11 is 0. The first kappa shape index (κ1) is 13.3. The standard InChI is InChI=1S/C13H23N3O2/c1-9(14)13(18)15-7-5-12(6-8-15)16(10(2)17)11-3-4-11/h9,11-12H,3-8,14H2,1-2H3/t9-/m0/s1. The molecule has 1 saturated carbocycles. The molecule has 0 radical (unpaired) electrons. The molecule has 5 heteroatoms. The third kappa shape index (κ3) is 2.83. The first-order valence-electron chi connectivity index (χ1n) is 6.84. The van der Waals surface area contributed by atoms with E-state index in [9.17, 15) is 9.59 Å². The number of hydrogen-bond acceptors (Lipinski definition) is 3. The second kappa shape index (κ2) is 5.26. The minimum atomic E-state index is -0.422. The van der Waals surface area contributed by atoms with Gasteiger partial charge in [-0.25, -0.2) is 0 Å². The van der Waals surface area contributed by atoms with Crippen molar-refractivity contribution in [1.29, 1.82) is 0 Å². The Morgan fingerprint density at radius 2 is 1.67 bits per heavy atom. The van der Waals surface area contributed by atoms with E-state index in [1.165, 1.54) is 0 Å². The molecule has 5 nitrogen and oxygen atoms in total. The molecular weight excluding hydrogens is 230 g/mol. The van der Waals surface area contributed by atoms with Crippen molar-refractivity contribution in [1.82, 2.24) is 9.80 Å². The van der Waals surface area contributed by atoms with Gasteiger partial charge in [-0.1, -0.05) is 0 Å². The molecule has 2 rings (SSSR count). The maximum Gasteiger partial charge on any atom is 0.239 e. The molecule has 0 aromatic rings. The Hall–Kier alpha value is -1.10. The number of nitrogens with zero attached hydrogens (tertiary/aromatic N) is 2. The molecule has 1 aliphatic carbocycles. The summed E-state index contributed by atoms with van der Waals surface area (Å²) in [6, 6.07) is 0.351. The summed E-state index contributed by atoms with van der Waals surface area (Å²) < 4.78 is 0. The van der Waals surface area contributed by atoms with Gasteiger partial charge in [0.1, 0.15) is 0 Å². The molecule has 1 heterocycles. The van der Waals surface area contributed by atoms with Crippen molar-refractivity contribution >= 4 is 11.8 Å². The van der Waals surface area contributed by atoms with Crippen LogP contribution < -0.4 is 5.73 Å². The van der Waals surface area contributed by atoms with E-state index in [2.05, 4.69) is 0 Å². The van der Waals surface area contributed by atoms with Gasteiger partial charge in [0.15, 0.2) is 0 Å². The van der Waals surface area contributed by atoms with Crippen molar-refractivity contribution in [2.45, 2.75) is 57.7 Å². The summed E-state index contributed by atoms with van der Waals surface area (Å²) in [7, 11) is 0. The summed E-state index contributed by atoms with van der Waals surface area (Å²) in [6.07, 6.45) is 4.04. The van der Waals surface area contributed by atoms with Gasteiger partial charge in [0.2, 0.25) is 11.8 Å². The van der Waals surface area contributed by atoms with Crippen molar-refractivity contribution < 1.29 is 9.59 Å². The van der Waals surface area contributed by atoms with Crippen LogP contribution >= 0.6 is 0 Å². The number of carbonyl (C=O) groups is 2. The third-order valence-electron chi connectivity index (χ3n) is 3.86. The van der Waals surface area contributed by atoms with Crippen LogP contribution in [-0.2, 0) is 9.59 Å². The Morgan fingerprint density at radius 3 is 2.06 bits per heavy atom. The third-order valence-corrected chi connectivity index (χ3v) is 3.86. The molecule has 102 valence electrons. The molecule has 2 amide bonds. The molecule has 0 bridgehead atoms. The second-order valence-electron chi connectivity index (χ2n) is 5.50. The molecule has 0 aromatic carbocycles. The average Bonchev–Trinajstić information content (AvgIpc) is 3.13. The summed E-state index contributed by atoms with van der Waals surface area (Å²) in [6.45, 7) is 4.82. The van der Waals surface area contributed by atoms with Crippen molar-refractivity contribution in [3.63, 3.8) is 0 Å². The zero-order valence-electron chi connectivity index (χ0n) is 11.3. The van der Waals surface area contributed by atoms with Crippen LogP contribution in [0.5, 0.6) is 0 Å². The zero-order valence-corrected chi connectivity index (χ0v) is 11.3. The minimum Gasteiger partial charge on any atom is -0.341 e. The van der Waals surface area contributed by atoms with Crippen LogP contribution in [-0.4, -0.2) is 52.8 Å². The van der Waals surface area contributed by atoms with Crippen molar-refractivity contribution in [3.05, 3.63) is 0 Å². The molecule has 2 N–H and O–H groups in total. The highest BCUT2D eigenvalue weighted by atomic mass is 16.2. The van der Waals surface area contributed by atoms with E-state index in [-0.39, 0.29) is 11.8 Å². The van der Waals surface area contributed by atoms with Crippen LogP contribution in [0.1, 0.15) is 39.5 Å². The SMILES string of the molecule is CC(=O)N(C1CC1)C1CCN(C(=O)[C@H](C)N)CC1. The highest BCUT2D eigenvalue weighted by Gasteiger charge is 2.37. The van der Waals surface area contributed by atoms with Crippen molar-refractivity contribution in [2.24, 2.45) is 5.73 Å². The molecule has 1 saturated heterocycles. The molecule has 2 aliphatic rings. The number of piperidine rings is 1. The van der Waals surface area contributed by atoms with E-state index in [4.69, 9.17) is 5.73 Å². The minimum absolute atomic E-state index is 0.0225. The Bertz CT molecular complexity index is 331. The van der Waals surface area contributed by atoms with E-state index in [1.807, 2.05) is 9.80 Å². The number of hydrogen-bond donors (Lipinski definition) is 1. The molecule has 0 aromatic heterocycles. The van der Waals surface area contributed by atoms with Gasteiger partial charge in [0, 0.05) is 32.1 Å². The van der Waals surface area contributed by atoms with E-state index in [0.717, 1.165) is 38.8 Å². The lowest BCUT2D eigenvalue weighted by Gasteiger charge is -2.38. The van der Waals surface area contributed by atoms with Gasteiger partial charge >= 0.3 is 0 Å². The Balaban J connectivity index is 1.89. The number of carbonyl (C=O) groups excluding carboxylic acids is 2. The summed E-state index contributed by atoms with van der Waals surface area (Å²) in [4.78, 5) is 27.3. The van der Waals surface area contributed by atoms with Gasteiger partial charge in [-0.3, -0.25) is 9.59 Å². The normalized spacial score (nSPS) is 22.7. The molecule has 1 aliphatic heterocycles. The summed E-state index contributed by atoms with van der Waals surface area (Å²) in [5.74, 6) is 0.198. The Morgan fingerprint density at radius 1 is 1.17 bits per heavy atom. The van der Waals surface area contributed by atoms with E-state index < -0.39 is 6.04 Å². The maximum absolute atomic E-state index is 11.8. The first-order valence-corrected chi connectivity index (χ1v) is 6.84. The fraction of sp³-hybridized carbons (Fsp3) is 0.846. The topological polar surface area (TPSA) is 66.6 Å². The largest absolute Gasteiger partial charge is 0.341 e. The maximum atomic E-state index is 11.8. The Labute approximate surface area is 108 Å². The smallest absolute Gasteiger partial charge is 0.239 e. The van der Waals surface area contributed by atoms with Gasteiger partial charge in [-0.15, -0.1) is 0 Å². The Kier molecular flexibility index (Phi) is 3.90. The quantitative estimate of drug-likeness (QED) is 0.788. The van der Waals surface area contributed by atoms with Crippen LogP contribution in [0, 0.1) is 0 Å². The number of nitrogens with two attached hydrogens (primary N) is 1. The molecule has 0 spiro atoms. The first-order chi connectivity index (χ1) is 8.50. The van der Waals surface area contributed by atoms with Gasteiger partial charge in [0.05, 0.1) is 6.04 Å². The zero-order chi connectivity index (χ0) is 13.3. The van der Waals surface area contributed by atoms with E-state index in [1.54, 1.807) is 13.8 Å². The lowest BCUT2D eigenvalue weighted by Crippen LogP contribution is -2.51. The van der Waals surface area contributed by atoms with E-state index in [0.29, 0.717) is 12.1 Å². The monoisotopic (exact) mass is 253 g/mol. The highest BCUT2D eigenvalue weighted by Crippen LogP contribution is 2.31. The van der Waals surface area contributed by atoms with Gasteiger partial charge < -0.3 is 15.5 Å². The highest BCUT2D eigenvalue weighted by molar-refractivity contribution is 5.81. The van der Waals surface area contributed by atoms with Crippen LogP contribution in [0.15, 0.2) is 0 Å². The summed E-state index contributed by atoms with van der Waals surface area (Å²) in [5, 5.41) is 0. The molecule has 18 heavy (non-hydrogen) atoms. The molecule has 1 atom stereocenters. The van der Waals surface area contributed by atoms with Crippen LogP contribution in [0.4, 0.5) is 0 Å². The van der Waals surface area contributed by atoms with Gasteiger partial charge in [-0.2, -0.15) is 0 Å². The second-order valence-corrected chi connectivity index (χ2v) is 5.50. The van der Waals surface area contributed by atoms with Gasteiger partial charge in [-0.05, 0) is 32.6 Å². The lowest BCUT2D eigenvalue weighted by atomic mass is 10.0. The fourth-order valence-electron chi connectivity index (χ4n) is 2.82. The lowest BCUT2D eigenvalue weighted by molar-refractivity contribution is -0.136. The molecule has 0 unspecified atom stereocenters. The predicted octanol–water partition coefficient (Wildman–Crippen LogP) is 0.336.